The summed E-state index contributed by atoms with van der Waals surface area (Å²) in [6.45, 7) is 0.864. The lowest BCUT2D eigenvalue weighted by atomic mass is 10.3. The number of carbonyl (C=O) groups excluding carboxylic acids is 1. The zero-order valence-electron chi connectivity index (χ0n) is 15.9. The molecule has 0 aliphatic rings. The Kier molecular flexibility index (Phi) is 6.55. The van der Waals surface area contributed by atoms with E-state index < -0.39 is 0 Å². The highest BCUT2D eigenvalue weighted by atomic mass is 19.1. The quantitative estimate of drug-likeness (QED) is 0.636. The zero-order chi connectivity index (χ0) is 20.6. The highest BCUT2D eigenvalue weighted by molar-refractivity contribution is 5.92. The number of hydrogen-bond donors (Lipinski definition) is 1. The second kappa shape index (κ2) is 9.48. The predicted molar refractivity (Wildman–Crippen MR) is 106 cm³/mol. The molecule has 0 unspecified atom stereocenters. The average molecular weight is 393 g/mol. The number of amides is 1. The van der Waals surface area contributed by atoms with Crippen molar-refractivity contribution in [3.05, 3.63) is 72.2 Å². The van der Waals surface area contributed by atoms with Gasteiger partial charge in [0.2, 0.25) is 5.91 Å². The Hall–Kier alpha value is -3.70. The number of nitriles is 1. The molecule has 0 atom stereocenters. The summed E-state index contributed by atoms with van der Waals surface area (Å²) in [6, 6.07) is 17.2. The number of ether oxygens (including phenoxy) is 1. The van der Waals surface area contributed by atoms with Gasteiger partial charge in [0.05, 0.1) is 18.4 Å². The Morgan fingerprint density at radius 2 is 2.07 bits per heavy atom. The maximum absolute atomic E-state index is 13.1. The predicted octanol–water partition coefficient (Wildman–Crippen LogP) is 2.83. The van der Waals surface area contributed by atoms with E-state index in [0.717, 1.165) is 5.69 Å². The highest BCUT2D eigenvalue weighted by Gasteiger charge is 2.16. The van der Waals surface area contributed by atoms with E-state index in [1.54, 1.807) is 24.1 Å². The molecule has 0 fully saturated rings. The maximum Gasteiger partial charge on any atom is 0.239 e. The van der Waals surface area contributed by atoms with Crippen molar-refractivity contribution in [1.29, 1.82) is 5.26 Å². The van der Waals surface area contributed by atoms with Crippen LogP contribution in [-0.4, -0.2) is 47.3 Å². The number of nitrogens with zero attached hydrogens (tertiary/aromatic N) is 4. The number of carbonyl (C=O) groups is 1. The number of rotatable bonds is 8. The molecule has 1 heterocycles. The van der Waals surface area contributed by atoms with Crippen molar-refractivity contribution < 1.29 is 13.9 Å². The van der Waals surface area contributed by atoms with E-state index in [0.29, 0.717) is 24.7 Å². The average Bonchev–Trinajstić information content (AvgIpc) is 3.11. The van der Waals surface area contributed by atoms with Crippen LogP contribution in [0.4, 0.5) is 10.2 Å². The minimum atomic E-state index is -0.362. The van der Waals surface area contributed by atoms with Gasteiger partial charge in [-0.3, -0.25) is 9.69 Å². The Bertz CT molecular complexity index is 1010. The maximum atomic E-state index is 13.1. The Balaban J connectivity index is 1.56. The van der Waals surface area contributed by atoms with Gasteiger partial charge < -0.3 is 10.1 Å². The second-order valence-corrected chi connectivity index (χ2v) is 6.36. The molecule has 0 saturated heterocycles. The fraction of sp³-hybridized carbons (Fsp3) is 0.190. The van der Waals surface area contributed by atoms with Crippen LogP contribution in [-0.2, 0) is 4.79 Å². The smallest absolute Gasteiger partial charge is 0.239 e. The number of benzene rings is 2. The lowest BCUT2D eigenvalue weighted by molar-refractivity contribution is -0.117. The molecular weight excluding hydrogens is 373 g/mol. The third-order valence-corrected chi connectivity index (χ3v) is 4.10. The van der Waals surface area contributed by atoms with Crippen LogP contribution in [0.15, 0.2) is 60.8 Å². The van der Waals surface area contributed by atoms with Gasteiger partial charge in [-0.15, -0.1) is 0 Å². The van der Waals surface area contributed by atoms with Crippen molar-refractivity contribution in [1.82, 2.24) is 14.7 Å². The topological polar surface area (TPSA) is 83.2 Å². The summed E-state index contributed by atoms with van der Waals surface area (Å²) in [6.07, 6.45) is 1.42. The van der Waals surface area contributed by atoms with Crippen molar-refractivity contribution in [3.63, 3.8) is 0 Å². The first-order valence-corrected chi connectivity index (χ1v) is 8.97. The third kappa shape index (κ3) is 5.40. The van der Waals surface area contributed by atoms with Gasteiger partial charge in [-0.2, -0.15) is 10.4 Å². The van der Waals surface area contributed by atoms with Gasteiger partial charge in [0.15, 0.2) is 5.82 Å². The molecule has 0 bridgehead atoms. The molecular formula is C21H20FN5O2. The SMILES string of the molecule is CN(CCOc1cccc(F)c1)CC(=O)Nc1c(C#N)cnn1-c1ccccc1. The number of likely N-dealkylation sites (N-methyl/N-ethyl adjacent to an activating group) is 1. The molecule has 0 saturated carbocycles. The molecule has 148 valence electrons. The van der Waals surface area contributed by atoms with Crippen LogP contribution in [0.1, 0.15) is 5.56 Å². The summed E-state index contributed by atoms with van der Waals surface area (Å²) in [5, 5.41) is 16.3. The monoisotopic (exact) mass is 393 g/mol. The molecule has 3 aromatic rings. The highest BCUT2D eigenvalue weighted by Crippen LogP contribution is 2.19. The van der Waals surface area contributed by atoms with Gasteiger partial charge in [0.1, 0.15) is 29.8 Å². The second-order valence-electron chi connectivity index (χ2n) is 6.36. The molecule has 0 radical (unpaired) electrons. The van der Waals surface area contributed by atoms with Crippen molar-refractivity contribution in [2.45, 2.75) is 0 Å². The fourth-order valence-corrected chi connectivity index (χ4v) is 2.69. The number of anilines is 1. The Morgan fingerprint density at radius 3 is 2.79 bits per heavy atom. The normalized spacial score (nSPS) is 10.6. The van der Waals surface area contributed by atoms with Crippen molar-refractivity contribution in [2.75, 3.05) is 32.1 Å². The summed E-state index contributed by atoms with van der Waals surface area (Å²) >= 11 is 0. The number of hydrogen-bond acceptors (Lipinski definition) is 5. The molecule has 29 heavy (non-hydrogen) atoms. The summed E-state index contributed by atoms with van der Waals surface area (Å²) in [5.41, 5.74) is 1.01. The number of para-hydroxylation sites is 1. The molecule has 7 nitrogen and oxygen atoms in total. The summed E-state index contributed by atoms with van der Waals surface area (Å²) < 4.78 is 20.2. The van der Waals surface area contributed by atoms with Gasteiger partial charge in [0.25, 0.3) is 0 Å². The first-order valence-electron chi connectivity index (χ1n) is 8.97. The summed E-state index contributed by atoms with van der Waals surface area (Å²) in [7, 11) is 1.77. The third-order valence-electron chi connectivity index (χ3n) is 4.10. The molecule has 1 N–H and O–H groups in total. The van der Waals surface area contributed by atoms with Crippen molar-refractivity contribution in [3.8, 4) is 17.5 Å². The lowest BCUT2D eigenvalue weighted by Gasteiger charge is -2.17. The molecule has 3 rings (SSSR count). The minimum absolute atomic E-state index is 0.0946. The molecule has 0 spiro atoms. The molecule has 1 aromatic heterocycles. The molecule has 1 amide bonds. The molecule has 2 aromatic carbocycles. The van der Waals surface area contributed by atoms with Crippen LogP contribution in [0.5, 0.6) is 5.75 Å². The van der Waals surface area contributed by atoms with E-state index in [4.69, 9.17) is 4.74 Å². The van der Waals surface area contributed by atoms with Crippen LogP contribution >= 0.6 is 0 Å². The number of aromatic nitrogens is 2. The van der Waals surface area contributed by atoms with E-state index in [9.17, 15) is 14.4 Å². The zero-order valence-corrected chi connectivity index (χ0v) is 15.9. The summed E-state index contributed by atoms with van der Waals surface area (Å²) in [5.74, 6) is 0.118. The van der Waals surface area contributed by atoms with Crippen LogP contribution in [0.25, 0.3) is 5.69 Å². The van der Waals surface area contributed by atoms with E-state index in [2.05, 4.69) is 10.4 Å². The minimum Gasteiger partial charge on any atom is -0.492 e. The van der Waals surface area contributed by atoms with Gasteiger partial charge in [-0.25, -0.2) is 9.07 Å². The largest absolute Gasteiger partial charge is 0.492 e. The Morgan fingerprint density at radius 1 is 1.28 bits per heavy atom. The first-order chi connectivity index (χ1) is 14.1. The van der Waals surface area contributed by atoms with Gasteiger partial charge >= 0.3 is 0 Å². The fourth-order valence-electron chi connectivity index (χ4n) is 2.69. The molecule has 0 aliphatic heterocycles. The van der Waals surface area contributed by atoms with Crippen LogP contribution in [0.2, 0.25) is 0 Å². The lowest BCUT2D eigenvalue weighted by Crippen LogP contribution is -2.33. The van der Waals surface area contributed by atoms with Gasteiger partial charge in [0, 0.05) is 12.6 Å². The van der Waals surface area contributed by atoms with E-state index in [1.807, 2.05) is 36.4 Å². The van der Waals surface area contributed by atoms with Crippen LogP contribution < -0.4 is 10.1 Å². The molecule has 8 heteroatoms. The first kappa shape index (κ1) is 20.0. The summed E-state index contributed by atoms with van der Waals surface area (Å²) in [4.78, 5) is 14.2. The standard InChI is InChI=1S/C21H20FN5O2/c1-26(10-11-29-19-9-5-6-17(22)12-19)15-20(28)25-21-16(13-23)14-24-27(21)18-7-3-2-4-8-18/h2-9,12,14H,10-11,15H2,1H3,(H,25,28). The van der Waals surface area contributed by atoms with Gasteiger partial charge in [-0.05, 0) is 31.3 Å². The van der Waals surface area contributed by atoms with Crippen molar-refractivity contribution in [2.24, 2.45) is 0 Å². The molecule has 0 aliphatic carbocycles. The van der Waals surface area contributed by atoms with Crippen LogP contribution in [0, 0.1) is 17.1 Å². The van der Waals surface area contributed by atoms with Crippen LogP contribution in [0.3, 0.4) is 0 Å². The van der Waals surface area contributed by atoms with E-state index >= 15 is 0 Å². The number of halogens is 1. The number of nitrogens with one attached hydrogen (secondary N) is 1. The van der Waals surface area contributed by atoms with Gasteiger partial charge in [-0.1, -0.05) is 24.3 Å². The van der Waals surface area contributed by atoms with E-state index in [-0.39, 0.29) is 23.8 Å². The Labute approximate surface area is 167 Å². The van der Waals surface area contributed by atoms with Crippen molar-refractivity contribution >= 4 is 11.7 Å². The van der Waals surface area contributed by atoms with E-state index in [1.165, 1.54) is 23.0 Å².